The second kappa shape index (κ2) is 6.19. The Morgan fingerprint density at radius 3 is 2.50 bits per heavy atom. The molecular weight excluding hydrogens is 257 g/mol. The molecule has 20 heavy (non-hydrogen) atoms. The number of hydrogen-bond acceptors (Lipinski definition) is 2. The van der Waals surface area contributed by atoms with Gasteiger partial charge in [0.25, 0.3) is 5.91 Å². The van der Waals surface area contributed by atoms with Gasteiger partial charge in [0.05, 0.1) is 7.11 Å². The van der Waals surface area contributed by atoms with Gasteiger partial charge >= 0.3 is 0 Å². The van der Waals surface area contributed by atoms with Gasteiger partial charge in [0, 0.05) is 19.2 Å². The summed E-state index contributed by atoms with van der Waals surface area (Å²) in [5.41, 5.74) is 1.33. The fourth-order valence-electron chi connectivity index (χ4n) is 1.95. The molecule has 0 aliphatic carbocycles. The van der Waals surface area contributed by atoms with Crippen LogP contribution in [0.1, 0.15) is 15.9 Å². The Kier molecular flexibility index (Phi) is 4.35. The van der Waals surface area contributed by atoms with E-state index in [1.165, 1.54) is 19.2 Å². The van der Waals surface area contributed by atoms with Crippen molar-refractivity contribution in [3.8, 4) is 5.75 Å². The van der Waals surface area contributed by atoms with Crippen LogP contribution in [0.4, 0.5) is 4.39 Å². The first-order chi connectivity index (χ1) is 9.61. The first-order valence-electron chi connectivity index (χ1n) is 6.24. The van der Waals surface area contributed by atoms with Gasteiger partial charge < -0.3 is 9.64 Å². The highest BCUT2D eigenvalue weighted by molar-refractivity contribution is 5.94. The molecule has 104 valence electrons. The predicted molar refractivity (Wildman–Crippen MR) is 75.2 cm³/mol. The third kappa shape index (κ3) is 3.15. The smallest absolute Gasteiger partial charge is 0.254 e. The van der Waals surface area contributed by atoms with Crippen molar-refractivity contribution in [2.75, 3.05) is 14.2 Å². The number of methoxy groups -OCH3 is 1. The maximum absolute atomic E-state index is 13.6. The Hall–Kier alpha value is -2.36. The van der Waals surface area contributed by atoms with Gasteiger partial charge in [-0.05, 0) is 23.8 Å². The maximum atomic E-state index is 13.6. The molecule has 0 fully saturated rings. The summed E-state index contributed by atoms with van der Waals surface area (Å²) in [6.45, 7) is 0.479. The van der Waals surface area contributed by atoms with Gasteiger partial charge in [0.1, 0.15) is 0 Å². The number of nitrogens with zero attached hydrogens (tertiary/aromatic N) is 1. The molecule has 0 aliphatic rings. The molecule has 2 aromatic carbocycles. The van der Waals surface area contributed by atoms with E-state index >= 15 is 0 Å². The normalized spacial score (nSPS) is 10.2. The van der Waals surface area contributed by atoms with E-state index in [4.69, 9.17) is 4.74 Å². The van der Waals surface area contributed by atoms with Crippen LogP contribution in [0.15, 0.2) is 48.5 Å². The van der Waals surface area contributed by atoms with Crippen molar-refractivity contribution in [1.29, 1.82) is 0 Å². The third-order valence-electron chi connectivity index (χ3n) is 3.01. The van der Waals surface area contributed by atoms with E-state index in [2.05, 4.69) is 0 Å². The maximum Gasteiger partial charge on any atom is 0.254 e. The first kappa shape index (κ1) is 14.1. The van der Waals surface area contributed by atoms with Crippen molar-refractivity contribution in [3.05, 3.63) is 65.5 Å². The van der Waals surface area contributed by atoms with Crippen LogP contribution in [0.5, 0.6) is 5.75 Å². The van der Waals surface area contributed by atoms with Gasteiger partial charge in [-0.25, -0.2) is 4.39 Å². The van der Waals surface area contributed by atoms with E-state index in [1.54, 1.807) is 18.0 Å². The fraction of sp³-hybridized carbons (Fsp3) is 0.188. The summed E-state index contributed by atoms with van der Waals surface area (Å²) in [6, 6.07) is 13.9. The van der Waals surface area contributed by atoms with Gasteiger partial charge in [0.2, 0.25) is 0 Å². The second-order valence-corrected chi connectivity index (χ2v) is 4.50. The Morgan fingerprint density at radius 1 is 1.20 bits per heavy atom. The van der Waals surface area contributed by atoms with Gasteiger partial charge in [0.15, 0.2) is 11.6 Å². The summed E-state index contributed by atoms with van der Waals surface area (Å²) in [5.74, 6) is -0.630. The number of carbonyl (C=O) groups excluding carboxylic acids is 1. The number of halogens is 1. The van der Waals surface area contributed by atoms with Crippen LogP contribution in [-0.4, -0.2) is 25.0 Å². The van der Waals surface area contributed by atoms with Crippen LogP contribution in [0.3, 0.4) is 0 Å². The van der Waals surface area contributed by atoms with Crippen LogP contribution < -0.4 is 4.74 Å². The van der Waals surface area contributed by atoms with Crippen LogP contribution >= 0.6 is 0 Å². The minimum atomic E-state index is -0.536. The lowest BCUT2D eigenvalue weighted by Gasteiger charge is -2.17. The van der Waals surface area contributed by atoms with Crippen molar-refractivity contribution in [1.82, 2.24) is 4.90 Å². The SMILES string of the molecule is COc1ccc(C(=O)N(C)Cc2ccccc2)cc1F. The van der Waals surface area contributed by atoms with Crippen molar-refractivity contribution in [2.24, 2.45) is 0 Å². The standard InChI is InChI=1S/C16H16FNO2/c1-18(11-12-6-4-3-5-7-12)16(19)13-8-9-15(20-2)14(17)10-13/h3-10H,11H2,1-2H3. The molecule has 3 nitrogen and oxygen atoms in total. The molecule has 2 rings (SSSR count). The highest BCUT2D eigenvalue weighted by Crippen LogP contribution is 2.19. The average Bonchev–Trinajstić information content (AvgIpc) is 2.47. The Labute approximate surface area is 117 Å². The summed E-state index contributed by atoms with van der Waals surface area (Å²) in [6.07, 6.45) is 0. The molecule has 4 heteroatoms. The number of carbonyl (C=O) groups is 1. The van der Waals surface area contributed by atoms with Crippen molar-refractivity contribution >= 4 is 5.91 Å². The summed E-state index contributed by atoms with van der Waals surface area (Å²) >= 11 is 0. The molecule has 1 amide bonds. The molecule has 0 N–H and O–H groups in total. The van der Waals surface area contributed by atoms with Crippen LogP contribution in [-0.2, 0) is 6.54 Å². The minimum Gasteiger partial charge on any atom is -0.494 e. The molecule has 0 saturated heterocycles. The predicted octanol–water partition coefficient (Wildman–Crippen LogP) is 3.11. The van der Waals surface area contributed by atoms with E-state index in [1.807, 2.05) is 30.3 Å². The molecule has 0 aliphatic heterocycles. The van der Waals surface area contributed by atoms with Crippen LogP contribution in [0, 0.1) is 5.82 Å². The number of ether oxygens (including phenoxy) is 1. The van der Waals surface area contributed by atoms with E-state index in [9.17, 15) is 9.18 Å². The van der Waals surface area contributed by atoms with Gasteiger partial charge in [-0.3, -0.25) is 4.79 Å². The number of hydrogen-bond donors (Lipinski definition) is 0. The minimum absolute atomic E-state index is 0.132. The van der Waals surface area contributed by atoms with E-state index < -0.39 is 5.82 Å². The molecule has 0 aromatic heterocycles. The molecule has 0 atom stereocenters. The Morgan fingerprint density at radius 2 is 1.90 bits per heavy atom. The third-order valence-corrected chi connectivity index (χ3v) is 3.01. The molecule has 0 unspecified atom stereocenters. The number of rotatable bonds is 4. The topological polar surface area (TPSA) is 29.5 Å². The molecule has 0 bridgehead atoms. The van der Waals surface area contributed by atoms with E-state index in [-0.39, 0.29) is 11.7 Å². The summed E-state index contributed by atoms with van der Waals surface area (Å²) in [5, 5.41) is 0. The molecule has 0 heterocycles. The zero-order valence-electron chi connectivity index (χ0n) is 11.5. The summed E-state index contributed by atoms with van der Waals surface area (Å²) in [4.78, 5) is 13.8. The first-order valence-corrected chi connectivity index (χ1v) is 6.24. The van der Waals surface area contributed by atoms with Gasteiger partial charge in [-0.15, -0.1) is 0 Å². The largest absolute Gasteiger partial charge is 0.494 e. The molecule has 0 spiro atoms. The summed E-state index contributed by atoms with van der Waals surface area (Å²) < 4.78 is 18.4. The van der Waals surface area contributed by atoms with Crippen LogP contribution in [0.25, 0.3) is 0 Å². The summed E-state index contributed by atoms with van der Waals surface area (Å²) in [7, 11) is 3.08. The van der Waals surface area contributed by atoms with Crippen molar-refractivity contribution in [3.63, 3.8) is 0 Å². The van der Waals surface area contributed by atoms with E-state index in [0.717, 1.165) is 5.56 Å². The Balaban J connectivity index is 2.12. The molecule has 0 saturated carbocycles. The lowest BCUT2D eigenvalue weighted by atomic mass is 10.1. The zero-order chi connectivity index (χ0) is 14.5. The Bertz CT molecular complexity index is 599. The monoisotopic (exact) mass is 273 g/mol. The zero-order valence-corrected chi connectivity index (χ0v) is 11.5. The van der Waals surface area contributed by atoms with E-state index in [0.29, 0.717) is 12.1 Å². The lowest BCUT2D eigenvalue weighted by molar-refractivity contribution is 0.0784. The number of benzene rings is 2. The average molecular weight is 273 g/mol. The van der Waals surface area contributed by atoms with Crippen molar-refractivity contribution in [2.45, 2.75) is 6.54 Å². The molecule has 2 aromatic rings. The number of amides is 1. The van der Waals surface area contributed by atoms with Gasteiger partial charge in [-0.2, -0.15) is 0 Å². The second-order valence-electron chi connectivity index (χ2n) is 4.50. The highest BCUT2D eigenvalue weighted by Gasteiger charge is 2.14. The van der Waals surface area contributed by atoms with Crippen LogP contribution in [0.2, 0.25) is 0 Å². The van der Waals surface area contributed by atoms with Crippen molar-refractivity contribution < 1.29 is 13.9 Å². The fourth-order valence-corrected chi connectivity index (χ4v) is 1.95. The van der Waals surface area contributed by atoms with Gasteiger partial charge in [-0.1, -0.05) is 30.3 Å². The quantitative estimate of drug-likeness (QED) is 0.856. The lowest BCUT2D eigenvalue weighted by Crippen LogP contribution is -2.26. The molecular formula is C16H16FNO2. The molecule has 0 radical (unpaired) electrons. The highest BCUT2D eigenvalue weighted by atomic mass is 19.1.